The Labute approximate surface area is 186 Å². The second-order valence-electron chi connectivity index (χ2n) is 7.86. The standard InChI is InChI=1S/C25H27N3O4/c1-2-32-19-12-10-18(11-13-19)26-23(29)17-28-22-9-5-4-8-20(22)21(16-24(28)30)25(31)27-14-6-3-7-15-27/h4-5,8-13,16H,2-3,6-7,14-15,17H2,1H3,(H,26,29). The first kappa shape index (κ1) is 21.6. The number of hydrogen-bond donors (Lipinski definition) is 1. The zero-order chi connectivity index (χ0) is 22.5. The molecule has 7 heteroatoms. The lowest BCUT2D eigenvalue weighted by atomic mass is 10.0. The molecule has 1 fully saturated rings. The fraction of sp³-hybridized carbons (Fsp3) is 0.320. The number of ether oxygens (including phenoxy) is 1. The minimum absolute atomic E-state index is 0.121. The van der Waals surface area contributed by atoms with Gasteiger partial charge in [-0.1, -0.05) is 18.2 Å². The van der Waals surface area contributed by atoms with E-state index in [1.165, 1.54) is 10.6 Å². The van der Waals surface area contributed by atoms with Crippen LogP contribution in [-0.4, -0.2) is 41.0 Å². The lowest BCUT2D eigenvalue weighted by Crippen LogP contribution is -2.37. The van der Waals surface area contributed by atoms with Crippen LogP contribution in [0.15, 0.2) is 59.4 Å². The van der Waals surface area contributed by atoms with Gasteiger partial charge in [0.15, 0.2) is 0 Å². The molecule has 0 spiro atoms. The van der Waals surface area contributed by atoms with E-state index in [0.717, 1.165) is 25.0 Å². The summed E-state index contributed by atoms with van der Waals surface area (Å²) < 4.78 is 6.82. The van der Waals surface area contributed by atoms with Gasteiger partial charge in [-0.15, -0.1) is 0 Å². The summed E-state index contributed by atoms with van der Waals surface area (Å²) in [6.45, 7) is 3.74. The first-order chi connectivity index (χ1) is 15.6. The van der Waals surface area contributed by atoms with Gasteiger partial charge in [-0.05, 0) is 56.5 Å². The lowest BCUT2D eigenvalue weighted by Gasteiger charge is -2.27. The Morgan fingerprint density at radius 3 is 2.44 bits per heavy atom. The number of anilines is 1. The zero-order valence-corrected chi connectivity index (χ0v) is 18.2. The Morgan fingerprint density at radius 1 is 1.00 bits per heavy atom. The summed E-state index contributed by atoms with van der Waals surface area (Å²) in [5, 5.41) is 3.49. The molecule has 0 aliphatic carbocycles. The molecule has 0 unspecified atom stereocenters. The highest BCUT2D eigenvalue weighted by Crippen LogP contribution is 2.21. The molecule has 3 aromatic rings. The van der Waals surface area contributed by atoms with E-state index < -0.39 is 0 Å². The minimum atomic E-state index is -0.370. The predicted molar refractivity (Wildman–Crippen MR) is 124 cm³/mol. The average molecular weight is 434 g/mol. The van der Waals surface area contributed by atoms with E-state index in [9.17, 15) is 14.4 Å². The van der Waals surface area contributed by atoms with Gasteiger partial charge in [0.25, 0.3) is 11.5 Å². The van der Waals surface area contributed by atoms with Crippen molar-refractivity contribution in [1.29, 1.82) is 0 Å². The van der Waals surface area contributed by atoms with Gasteiger partial charge in [0.2, 0.25) is 5.91 Å². The maximum absolute atomic E-state index is 13.1. The van der Waals surface area contributed by atoms with Crippen LogP contribution in [0.5, 0.6) is 5.75 Å². The number of benzene rings is 2. The molecule has 7 nitrogen and oxygen atoms in total. The third-order valence-corrected chi connectivity index (χ3v) is 5.64. The topological polar surface area (TPSA) is 80.6 Å². The van der Waals surface area contributed by atoms with Gasteiger partial charge in [0.05, 0.1) is 17.7 Å². The maximum Gasteiger partial charge on any atom is 0.254 e. The number of nitrogens with one attached hydrogen (secondary N) is 1. The Kier molecular flexibility index (Phi) is 6.54. The fourth-order valence-electron chi connectivity index (χ4n) is 4.09. The van der Waals surface area contributed by atoms with Crippen LogP contribution in [0.2, 0.25) is 0 Å². The summed E-state index contributed by atoms with van der Waals surface area (Å²) >= 11 is 0. The van der Waals surface area contributed by atoms with Crippen molar-refractivity contribution in [1.82, 2.24) is 9.47 Å². The van der Waals surface area contributed by atoms with E-state index in [2.05, 4.69) is 5.32 Å². The van der Waals surface area contributed by atoms with E-state index in [0.29, 0.717) is 41.9 Å². The fourth-order valence-corrected chi connectivity index (χ4v) is 4.09. The number of piperidine rings is 1. The third kappa shape index (κ3) is 4.66. The molecule has 2 amide bonds. The molecule has 1 aromatic heterocycles. The largest absolute Gasteiger partial charge is 0.494 e. The van der Waals surface area contributed by atoms with Crippen LogP contribution < -0.4 is 15.6 Å². The number of para-hydroxylation sites is 1. The Hall–Kier alpha value is -3.61. The van der Waals surface area contributed by atoms with Crippen LogP contribution in [0.3, 0.4) is 0 Å². The summed E-state index contributed by atoms with van der Waals surface area (Å²) in [5.41, 5.74) is 1.22. The molecule has 1 N–H and O–H groups in total. The lowest BCUT2D eigenvalue weighted by molar-refractivity contribution is -0.116. The van der Waals surface area contributed by atoms with Crippen molar-refractivity contribution in [2.75, 3.05) is 25.0 Å². The quantitative estimate of drug-likeness (QED) is 0.643. The van der Waals surface area contributed by atoms with Crippen molar-refractivity contribution in [3.05, 3.63) is 70.5 Å². The maximum atomic E-state index is 13.1. The molecular formula is C25H27N3O4. The van der Waals surface area contributed by atoms with Crippen LogP contribution >= 0.6 is 0 Å². The SMILES string of the molecule is CCOc1ccc(NC(=O)Cn2c(=O)cc(C(=O)N3CCCCC3)c3ccccc32)cc1. The molecule has 1 aliphatic heterocycles. The summed E-state index contributed by atoms with van der Waals surface area (Å²) in [6.07, 6.45) is 3.08. The van der Waals surface area contributed by atoms with Crippen molar-refractivity contribution in [2.45, 2.75) is 32.7 Å². The average Bonchev–Trinajstić information content (AvgIpc) is 2.82. The van der Waals surface area contributed by atoms with Crippen LogP contribution in [-0.2, 0) is 11.3 Å². The van der Waals surface area contributed by atoms with Gasteiger partial charge in [-0.25, -0.2) is 0 Å². The van der Waals surface area contributed by atoms with Crippen molar-refractivity contribution in [3.63, 3.8) is 0 Å². The number of carbonyl (C=O) groups is 2. The smallest absolute Gasteiger partial charge is 0.254 e. The summed E-state index contributed by atoms with van der Waals surface area (Å²) in [5.74, 6) is 0.280. The van der Waals surface area contributed by atoms with Crippen molar-refractivity contribution >= 4 is 28.4 Å². The van der Waals surface area contributed by atoms with Gasteiger partial charge in [-0.3, -0.25) is 19.0 Å². The second-order valence-corrected chi connectivity index (χ2v) is 7.86. The Balaban J connectivity index is 1.59. The molecule has 0 atom stereocenters. The molecule has 0 saturated carbocycles. The molecule has 2 aromatic carbocycles. The van der Waals surface area contributed by atoms with Gasteiger partial charge in [-0.2, -0.15) is 0 Å². The van der Waals surface area contributed by atoms with E-state index in [-0.39, 0.29) is 23.9 Å². The van der Waals surface area contributed by atoms with Crippen LogP contribution in [0.25, 0.3) is 10.9 Å². The van der Waals surface area contributed by atoms with Gasteiger partial charge in [0.1, 0.15) is 12.3 Å². The number of amides is 2. The molecule has 1 aliphatic rings. The predicted octanol–water partition coefficient (Wildman–Crippen LogP) is 3.67. The Bertz CT molecular complexity index is 1180. The summed E-state index contributed by atoms with van der Waals surface area (Å²) in [4.78, 5) is 40.5. The highest BCUT2D eigenvalue weighted by Gasteiger charge is 2.22. The van der Waals surface area contributed by atoms with Crippen molar-refractivity contribution in [2.24, 2.45) is 0 Å². The first-order valence-corrected chi connectivity index (χ1v) is 11.0. The molecule has 1 saturated heterocycles. The second kappa shape index (κ2) is 9.68. The highest BCUT2D eigenvalue weighted by molar-refractivity contribution is 6.06. The molecule has 0 radical (unpaired) electrons. The molecule has 4 rings (SSSR count). The number of pyridine rings is 1. The van der Waals surface area contributed by atoms with Crippen LogP contribution in [0.1, 0.15) is 36.5 Å². The number of carbonyl (C=O) groups excluding carboxylic acids is 2. The minimum Gasteiger partial charge on any atom is -0.494 e. The molecule has 166 valence electrons. The normalized spacial score (nSPS) is 13.7. The van der Waals surface area contributed by atoms with E-state index in [1.54, 1.807) is 36.4 Å². The zero-order valence-electron chi connectivity index (χ0n) is 18.2. The van der Waals surface area contributed by atoms with Gasteiger partial charge >= 0.3 is 0 Å². The summed E-state index contributed by atoms with van der Waals surface area (Å²) in [7, 11) is 0. The van der Waals surface area contributed by atoms with E-state index in [1.807, 2.05) is 24.0 Å². The van der Waals surface area contributed by atoms with Gasteiger partial charge < -0.3 is 15.0 Å². The number of likely N-dealkylation sites (tertiary alicyclic amines) is 1. The number of nitrogens with zero attached hydrogens (tertiary/aromatic N) is 2. The van der Waals surface area contributed by atoms with Crippen molar-refractivity contribution in [3.8, 4) is 5.75 Å². The highest BCUT2D eigenvalue weighted by atomic mass is 16.5. The number of hydrogen-bond acceptors (Lipinski definition) is 4. The third-order valence-electron chi connectivity index (χ3n) is 5.64. The molecule has 0 bridgehead atoms. The number of fused-ring (bicyclic) bond motifs is 1. The van der Waals surface area contributed by atoms with Gasteiger partial charge in [0, 0.05) is 30.2 Å². The number of aromatic nitrogens is 1. The van der Waals surface area contributed by atoms with Crippen LogP contribution in [0.4, 0.5) is 5.69 Å². The van der Waals surface area contributed by atoms with E-state index in [4.69, 9.17) is 4.74 Å². The first-order valence-electron chi connectivity index (χ1n) is 11.0. The molecular weight excluding hydrogens is 406 g/mol. The molecule has 32 heavy (non-hydrogen) atoms. The summed E-state index contributed by atoms with van der Waals surface area (Å²) in [6, 6.07) is 15.7. The number of rotatable bonds is 6. The monoisotopic (exact) mass is 433 g/mol. The van der Waals surface area contributed by atoms with Crippen LogP contribution in [0, 0.1) is 0 Å². The van der Waals surface area contributed by atoms with Crippen molar-refractivity contribution < 1.29 is 14.3 Å². The Morgan fingerprint density at radius 2 is 1.72 bits per heavy atom. The van der Waals surface area contributed by atoms with E-state index >= 15 is 0 Å². The molecule has 2 heterocycles.